The molecule has 0 spiro atoms. The highest BCUT2D eigenvalue weighted by molar-refractivity contribution is 6.07. The molecule has 10 heteroatoms. The van der Waals surface area contributed by atoms with E-state index in [0.29, 0.717) is 37.3 Å². The summed E-state index contributed by atoms with van der Waals surface area (Å²) in [4.78, 5) is 38.5. The lowest BCUT2D eigenvalue weighted by Gasteiger charge is -2.40. The van der Waals surface area contributed by atoms with E-state index in [1.165, 1.54) is 5.69 Å². The lowest BCUT2D eigenvalue weighted by Crippen LogP contribution is -2.53. The van der Waals surface area contributed by atoms with Crippen molar-refractivity contribution in [3.63, 3.8) is 0 Å². The van der Waals surface area contributed by atoms with Gasteiger partial charge in [0.15, 0.2) is 0 Å². The molecule has 1 amide bonds. The van der Waals surface area contributed by atoms with Gasteiger partial charge in [-0.1, -0.05) is 0 Å². The second-order valence-corrected chi connectivity index (χ2v) is 10.8. The molecule has 4 aromatic rings. The number of fused-ring (bicyclic) bond motifs is 3. The molecule has 0 radical (unpaired) electrons. The van der Waals surface area contributed by atoms with Crippen molar-refractivity contribution >= 4 is 27.7 Å². The Balaban J connectivity index is 1.31. The highest BCUT2D eigenvalue weighted by atomic mass is 16.5. The summed E-state index contributed by atoms with van der Waals surface area (Å²) in [5.41, 5.74) is 4.09. The standard InChI is InChI=1S/C28H35N7O3/c1-17-11-25-23(26-24(27(36)31-25)14-30-35(26)20-5-9-38-10-6-20)12-22(17)28(37)34-8-7-33(18(2)15-34)16-21-13-29-19(3)32(21)4/h11-14,18,20H,5-10,15-16H2,1-4H3,(H,31,36)/t18-/m0/s1. The number of piperazine rings is 1. The number of imidazole rings is 1. The third-order valence-electron chi connectivity index (χ3n) is 8.41. The van der Waals surface area contributed by atoms with Crippen LogP contribution in [0.4, 0.5) is 0 Å². The molecular formula is C28H35N7O3. The van der Waals surface area contributed by atoms with Crippen LogP contribution in [0, 0.1) is 13.8 Å². The average Bonchev–Trinajstić information content (AvgIpc) is 3.50. The number of aromatic amines is 1. The van der Waals surface area contributed by atoms with E-state index in [0.717, 1.165) is 53.7 Å². The number of H-pyrrole nitrogens is 1. The molecule has 1 N–H and O–H groups in total. The van der Waals surface area contributed by atoms with Gasteiger partial charge in [0.1, 0.15) is 5.82 Å². The Kier molecular flexibility index (Phi) is 6.31. The fourth-order valence-corrected chi connectivity index (χ4v) is 5.92. The number of aryl methyl sites for hydroxylation is 2. The molecule has 10 nitrogen and oxygen atoms in total. The summed E-state index contributed by atoms with van der Waals surface area (Å²) >= 11 is 0. The van der Waals surface area contributed by atoms with Crippen LogP contribution in [0.1, 0.15) is 53.2 Å². The Labute approximate surface area is 221 Å². The lowest BCUT2D eigenvalue weighted by atomic mass is 10.0. The van der Waals surface area contributed by atoms with E-state index in [4.69, 9.17) is 4.74 Å². The summed E-state index contributed by atoms with van der Waals surface area (Å²) in [6.45, 7) is 10.4. The van der Waals surface area contributed by atoms with E-state index in [2.05, 4.69) is 31.5 Å². The minimum Gasteiger partial charge on any atom is -0.381 e. The highest BCUT2D eigenvalue weighted by Gasteiger charge is 2.29. The van der Waals surface area contributed by atoms with E-state index in [1.54, 1.807) is 6.20 Å². The van der Waals surface area contributed by atoms with E-state index in [9.17, 15) is 9.59 Å². The molecule has 1 atom stereocenters. The molecule has 0 bridgehead atoms. The van der Waals surface area contributed by atoms with Gasteiger partial charge in [-0.3, -0.25) is 19.2 Å². The van der Waals surface area contributed by atoms with Gasteiger partial charge in [-0.25, -0.2) is 4.98 Å². The molecule has 200 valence electrons. The molecule has 38 heavy (non-hydrogen) atoms. The first-order chi connectivity index (χ1) is 18.3. The second-order valence-electron chi connectivity index (χ2n) is 10.8. The number of hydrogen-bond donors (Lipinski definition) is 1. The van der Waals surface area contributed by atoms with Crippen molar-refractivity contribution in [2.75, 3.05) is 32.8 Å². The summed E-state index contributed by atoms with van der Waals surface area (Å²) in [7, 11) is 2.04. The average molecular weight is 518 g/mol. The zero-order chi connectivity index (χ0) is 26.6. The third-order valence-corrected chi connectivity index (χ3v) is 8.41. The molecule has 2 fully saturated rings. The van der Waals surface area contributed by atoms with Gasteiger partial charge >= 0.3 is 0 Å². The van der Waals surface area contributed by atoms with Crippen LogP contribution in [-0.2, 0) is 18.3 Å². The zero-order valence-corrected chi connectivity index (χ0v) is 22.5. The maximum Gasteiger partial charge on any atom is 0.259 e. The molecule has 3 aromatic heterocycles. The summed E-state index contributed by atoms with van der Waals surface area (Å²) in [6.07, 6.45) is 5.29. The van der Waals surface area contributed by atoms with Crippen LogP contribution in [0.3, 0.4) is 0 Å². The van der Waals surface area contributed by atoms with Crippen LogP contribution >= 0.6 is 0 Å². The molecule has 2 aliphatic rings. The zero-order valence-electron chi connectivity index (χ0n) is 22.5. The third kappa shape index (κ3) is 4.21. The van der Waals surface area contributed by atoms with Gasteiger partial charge in [0.25, 0.3) is 11.5 Å². The van der Waals surface area contributed by atoms with Crippen molar-refractivity contribution in [1.82, 2.24) is 34.1 Å². The number of pyridine rings is 1. The summed E-state index contributed by atoms with van der Waals surface area (Å²) < 4.78 is 9.64. The van der Waals surface area contributed by atoms with Crippen molar-refractivity contribution in [3.8, 4) is 0 Å². The van der Waals surface area contributed by atoms with Crippen LogP contribution in [0.15, 0.2) is 29.3 Å². The molecule has 5 heterocycles. The quantitative estimate of drug-likeness (QED) is 0.447. The molecule has 2 saturated heterocycles. The Morgan fingerprint density at radius 2 is 1.92 bits per heavy atom. The number of carbonyl (C=O) groups excluding carboxylic acids is 1. The van der Waals surface area contributed by atoms with Gasteiger partial charge in [-0.05, 0) is 51.3 Å². The van der Waals surface area contributed by atoms with Crippen molar-refractivity contribution in [2.45, 2.75) is 52.2 Å². The van der Waals surface area contributed by atoms with E-state index < -0.39 is 0 Å². The lowest BCUT2D eigenvalue weighted by molar-refractivity contribution is 0.0489. The number of amides is 1. The van der Waals surface area contributed by atoms with Crippen molar-refractivity contribution in [3.05, 3.63) is 57.5 Å². The number of rotatable bonds is 4. The normalized spacial score (nSPS) is 19.6. The van der Waals surface area contributed by atoms with Crippen LogP contribution in [0.25, 0.3) is 21.8 Å². The fourth-order valence-electron chi connectivity index (χ4n) is 5.92. The molecule has 1 aromatic carbocycles. The Hall–Kier alpha value is -3.50. The Bertz CT molecular complexity index is 1580. The first-order valence-corrected chi connectivity index (χ1v) is 13.4. The number of benzene rings is 1. The van der Waals surface area contributed by atoms with E-state index in [-0.39, 0.29) is 23.6 Å². The number of carbonyl (C=O) groups is 1. The minimum atomic E-state index is -0.155. The highest BCUT2D eigenvalue weighted by Crippen LogP contribution is 2.30. The fraction of sp³-hybridized carbons (Fsp3) is 0.500. The van der Waals surface area contributed by atoms with Crippen molar-refractivity contribution in [2.24, 2.45) is 7.05 Å². The maximum absolute atomic E-state index is 13.8. The van der Waals surface area contributed by atoms with Gasteiger partial charge in [-0.15, -0.1) is 0 Å². The molecule has 0 aliphatic carbocycles. The predicted octanol–water partition coefficient (Wildman–Crippen LogP) is 2.93. The number of aromatic nitrogens is 5. The Morgan fingerprint density at radius 3 is 2.63 bits per heavy atom. The van der Waals surface area contributed by atoms with Crippen molar-refractivity contribution in [1.29, 1.82) is 0 Å². The van der Waals surface area contributed by atoms with Crippen LogP contribution < -0.4 is 5.56 Å². The van der Waals surface area contributed by atoms with E-state index in [1.807, 2.05) is 48.8 Å². The summed E-state index contributed by atoms with van der Waals surface area (Å²) in [5.74, 6) is 1.03. The first kappa shape index (κ1) is 24.8. The number of nitrogens with zero attached hydrogens (tertiary/aromatic N) is 6. The van der Waals surface area contributed by atoms with Gasteiger partial charge in [-0.2, -0.15) is 5.10 Å². The molecule has 6 rings (SSSR count). The molecule has 0 unspecified atom stereocenters. The smallest absolute Gasteiger partial charge is 0.259 e. The predicted molar refractivity (Wildman–Crippen MR) is 145 cm³/mol. The summed E-state index contributed by atoms with van der Waals surface area (Å²) in [5, 5.41) is 6.02. The maximum atomic E-state index is 13.8. The van der Waals surface area contributed by atoms with Gasteiger partial charge in [0.2, 0.25) is 0 Å². The van der Waals surface area contributed by atoms with Gasteiger partial charge < -0.3 is 19.2 Å². The molecule has 0 saturated carbocycles. The number of ether oxygens (including phenoxy) is 1. The number of nitrogens with one attached hydrogen (secondary N) is 1. The van der Waals surface area contributed by atoms with Crippen molar-refractivity contribution < 1.29 is 9.53 Å². The second kappa shape index (κ2) is 9.67. The van der Waals surface area contributed by atoms with Crippen LogP contribution in [-0.4, -0.2) is 78.9 Å². The van der Waals surface area contributed by atoms with Crippen LogP contribution in [0.2, 0.25) is 0 Å². The minimum absolute atomic E-state index is 0.0313. The first-order valence-electron chi connectivity index (χ1n) is 13.4. The monoisotopic (exact) mass is 517 g/mol. The molecule has 2 aliphatic heterocycles. The van der Waals surface area contributed by atoms with E-state index >= 15 is 0 Å². The Morgan fingerprint density at radius 1 is 1.13 bits per heavy atom. The summed E-state index contributed by atoms with van der Waals surface area (Å²) in [6, 6.07) is 4.28. The number of hydrogen-bond acceptors (Lipinski definition) is 6. The largest absolute Gasteiger partial charge is 0.381 e. The topological polar surface area (TPSA) is 101 Å². The SMILES string of the molecule is Cc1cc2[nH]c(=O)c3cnn(C4CCOCC4)c3c2cc1C(=O)N1CCN(Cc2cnc(C)n2C)[C@@H](C)C1. The van der Waals surface area contributed by atoms with Gasteiger partial charge in [0, 0.05) is 69.6 Å². The van der Waals surface area contributed by atoms with Gasteiger partial charge in [0.05, 0.1) is 34.4 Å². The van der Waals surface area contributed by atoms with Crippen LogP contribution in [0.5, 0.6) is 0 Å². The molecular weight excluding hydrogens is 482 g/mol.